The smallest absolute Gasteiger partial charge is 0.0587 e. The van der Waals surface area contributed by atoms with Crippen molar-refractivity contribution in [3.05, 3.63) is 68.8 Å². The Morgan fingerprint density at radius 2 is 1.62 bits per heavy atom. The van der Waals surface area contributed by atoms with Gasteiger partial charge in [-0.15, -0.1) is 0 Å². The zero-order valence-corrected chi connectivity index (χ0v) is 15.4. The minimum absolute atomic E-state index is 0.202. The third kappa shape index (κ3) is 4.07. The molecule has 0 aromatic heterocycles. The summed E-state index contributed by atoms with van der Waals surface area (Å²) in [6, 6.07) is 17.9. The molecule has 0 saturated carbocycles. The Morgan fingerprint density at radius 3 is 2.14 bits per heavy atom. The van der Waals surface area contributed by atoms with E-state index in [4.69, 9.17) is 0 Å². The highest BCUT2D eigenvalue weighted by Crippen LogP contribution is 2.28. The molecule has 1 N–H and O–H groups in total. The maximum atomic E-state index is 3.61. The zero-order chi connectivity index (χ0) is 15.5. The molecule has 2 aromatic rings. The first kappa shape index (κ1) is 16.5. The average Bonchev–Trinajstić information content (AvgIpc) is 2.45. The Labute approximate surface area is 142 Å². The molecule has 21 heavy (non-hydrogen) atoms. The van der Waals surface area contributed by atoms with Crippen LogP contribution in [-0.2, 0) is 5.41 Å². The number of rotatable bonds is 4. The molecule has 1 atom stereocenters. The van der Waals surface area contributed by atoms with Crippen LogP contribution in [0.3, 0.4) is 0 Å². The van der Waals surface area contributed by atoms with Crippen LogP contribution >= 0.6 is 22.6 Å². The quantitative estimate of drug-likeness (QED) is 0.697. The topological polar surface area (TPSA) is 12.0 Å². The van der Waals surface area contributed by atoms with Crippen molar-refractivity contribution < 1.29 is 0 Å². The standard InChI is InChI=1S/C19H24IN/c1-5-21-18(16-8-6-7-9-17(16)20)14-10-12-15(13-11-14)19(2,3)4/h6-13,18,21H,5H2,1-4H3. The summed E-state index contributed by atoms with van der Waals surface area (Å²) in [5.41, 5.74) is 4.26. The first-order valence-corrected chi connectivity index (χ1v) is 8.59. The van der Waals surface area contributed by atoms with Crippen LogP contribution in [0.4, 0.5) is 0 Å². The van der Waals surface area contributed by atoms with Crippen molar-refractivity contribution in [3.8, 4) is 0 Å². The van der Waals surface area contributed by atoms with E-state index < -0.39 is 0 Å². The molecule has 0 fully saturated rings. The summed E-state index contributed by atoms with van der Waals surface area (Å²) in [4.78, 5) is 0. The highest BCUT2D eigenvalue weighted by Gasteiger charge is 2.17. The largest absolute Gasteiger partial charge is 0.306 e. The van der Waals surface area contributed by atoms with Gasteiger partial charge in [-0.25, -0.2) is 0 Å². The molecule has 0 heterocycles. The first-order valence-electron chi connectivity index (χ1n) is 7.51. The fourth-order valence-corrected chi connectivity index (χ4v) is 3.20. The third-order valence-electron chi connectivity index (χ3n) is 3.73. The normalized spacial score (nSPS) is 13.2. The van der Waals surface area contributed by atoms with Gasteiger partial charge in [-0.05, 0) is 57.3 Å². The molecule has 0 radical (unpaired) electrons. The van der Waals surface area contributed by atoms with Crippen LogP contribution in [0.15, 0.2) is 48.5 Å². The molecule has 0 saturated heterocycles. The average molecular weight is 393 g/mol. The second-order valence-electron chi connectivity index (χ2n) is 6.38. The predicted octanol–water partition coefficient (Wildman–Crippen LogP) is 5.29. The van der Waals surface area contributed by atoms with Gasteiger partial charge in [0.25, 0.3) is 0 Å². The van der Waals surface area contributed by atoms with E-state index in [0.29, 0.717) is 0 Å². The maximum Gasteiger partial charge on any atom is 0.0587 e. The Hall–Kier alpha value is -0.870. The molecule has 1 unspecified atom stereocenters. The van der Waals surface area contributed by atoms with Gasteiger partial charge in [0.05, 0.1) is 6.04 Å². The Kier molecular flexibility index (Phi) is 5.44. The molecule has 0 bridgehead atoms. The second-order valence-corrected chi connectivity index (χ2v) is 7.55. The van der Waals surface area contributed by atoms with E-state index in [1.807, 2.05) is 0 Å². The van der Waals surface area contributed by atoms with E-state index in [9.17, 15) is 0 Å². The summed E-state index contributed by atoms with van der Waals surface area (Å²) < 4.78 is 1.31. The summed E-state index contributed by atoms with van der Waals surface area (Å²) in [6.07, 6.45) is 0. The summed E-state index contributed by atoms with van der Waals surface area (Å²) in [5.74, 6) is 0. The van der Waals surface area contributed by atoms with Gasteiger partial charge in [-0.1, -0.05) is 70.2 Å². The van der Waals surface area contributed by atoms with Crippen molar-refractivity contribution in [1.29, 1.82) is 0 Å². The zero-order valence-electron chi connectivity index (χ0n) is 13.3. The highest BCUT2D eigenvalue weighted by atomic mass is 127. The van der Waals surface area contributed by atoms with Crippen LogP contribution in [0.5, 0.6) is 0 Å². The van der Waals surface area contributed by atoms with Crippen LogP contribution in [0.1, 0.15) is 50.4 Å². The first-order chi connectivity index (χ1) is 9.93. The summed E-state index contributed by atoms with van der Waals surface area (Å²) in [5, 5.41) is 3.61. The van der Waals surface area contributed by atoms with E-state index in [2.05, 4.69) is 104 Å². The van der Waals surface area contributed by atoms with E-state index in [0.717, 1.165) is 6.54 Å². The summed E-state index contributed by atoms with van der Waals surface area (Å²) in [7, 11) is 0. The van der Waals surface area contributed by atoms with E-state index in [1.165, 1.54) is 20.3 Å². The lowest BCUT2D eigenvalue weighted by molar-refractivity contribution is 0.587. The molecule has 0 spiro atoms. The summed E-state index contributed by atoms with van der Waals surface area (Å²) >= 11 is 2.42. The van der Waals surface area contributed by atoms with E-state index >= 15 is 0 Å². The molecule has 0 aliphatic heterocycles. The van der Waals surface area contributed by atoms with Crippen molar-refractivity contribution in [1.82, 2.24) is 5.32 Å². The maximum absolute atomic E-state index is 3.61. The summed E-state index contributed by atoms with van der Waals surface area (Å²) in [6.45, 7) is 9.88. The number of benzene rings is 2. The van der Waals surface area contributed by atoms with Crippen molar-refractivity contribution in [2.75, 3.05) is 6.54 Å². The van der Waals surface area contributed by atoms with Crippen LogP contribution in [0, 0.1) is 3.57 Å². The molecular weight excluding hydrogens is 369 g/mol. The van der Waals surface area contributed by atoms with Crippen LogP contribution in [0.2, 0.25) is 0 Å². The molecule has 2 heteroatoms. The third-order valence-corrected chi connectivity index (χ3v) is 4.72. The second kappa shape index (κ2) is 6.93. The lowest BCUT2D eigenvalue weighted by Gasteiger charge is -2.23. The van der Waals surface area contributed by atoms with Gasteiger partial charge in [0.1, 0.15) is 0 Å². The highest BCUT2D eigenvalue weighted by molar-refractivity contribution is 14.1. The Bertz CT molecular complexity index is 581. The molecule has 0 aliphatic rings. The fraction of sp³-hybridized carbons (Fsp3) is 0.368. The van der Waals surface area contributed by atoms with Crippen LogP contribution in [0.25, 0.3) is 0 Å². The Balaban J connectivity index is 2.37. The molecule has 0 amide bonds. The minimum atomic E-state index is 0.202. The van der Waals surface area contributed by atoms with Gasteiger partial charge in [0.15, 0.2) is 0 Å². The molecule has 2 aromatic carbocycles. The molecular formula is C19H24IN. The van der Waals surface area contributed by atoms with Gasteiger partial charge in [-0.2, -0.15) is 0 Å². The van der Waals surface area contributed by atoms with Gasteiger partial charge in [0.2, 0.25) is 0 Å². The molecule has 2 rings (SSSR count). The molecule has 0 aliphatic carbocycles. The molecule has 112 valence electrons. The van der Waals surface area contributed by atoms with Crippen molar-refractivity contribution in [3.63, 3.8) is 0 Å². The van der Waals surface area contributed by atoms with Crippen LogP contribution in [-0.4, -0.2) is 6.54 Å². The minimum Gasteiger partial charge on any atom is -0.306 e. The number of hydrogen-bond donors (Lipinski definition) is 1. The van der Waals surface area contributed by atoms with Crippen molar-refractivity contribution in [2.45, 2.75) is 39.2 Å². The van der Waals surface area contributed by atoms with Gasteiger partial charge in [0, 0.05) is 3.57 Å². The number of nitrogens with one attached hydrogen (secondary N) is 1. The van der Waals surface area contributed by atoms with E-state index in [1.54, 1.807) is 0 Å². The monoisotopic (exact) mass is 393 g/mol. The molecule has 1 nitrogen and oxygen atoms in total. The SMILES string of the molecule is CCNC(c1ccc(C(C)(C)C)cc1)c1ccccc1I. The number of hydrogen-bond acceptors (Lipinski definition) is 1. The van der Waals surface area contributed by atoms with Gasteiger partial charge >= 0.3 is 0 Å². The van der Waals surface area contributed by atoms with Gasteiger partial charge in [-0.3, -0.25) is 0 Å². The lowest BCUT2D eigenvalue weighted by Crippen LogP contribution is -2.23. The van der Waals surface area contributed by atoms with E-state index in [-0.39, 0.29) is 11.5 Å². The van der Waals surface area contributed by atoms with Crippen LogP contribution < -0.4 is 5.32 Å². The lowest BCUT2D eigenvalue weighted by atomic mass is 9.86. The van der Waals surface area contributed by atoms with Crippen molar-refractivity contribution in [2.24, 2.45) is 0 Å². The predicted molar refractivity (Wildman–Crippen MR) is 99.8 cm³/mol. The van der Waals surface area contributed by atoms with Crippen molar-refractivity contribution >= 4 is 22.6 Å². The fourth-order valence-electron chi connectivity index (χ4n) is 2.50. The number of halogens is 1. The Morgan fingerprint density at radius 1 is 1.00 bits per heavy atom. The van der Waals surface area contributed by atoms with Gasteiger partial charge < -0.3 is 5.32 Å².